The Labute approximate surface area is 219 Å². The van der Waals surface area contributed by atoms with Crippen molar-refractivity contribution in [3.8, 4) is 0 Å². The normalized spacial score (nSPS) is 27.7. The number of halogens is 1. The molecule has 2 saturated heterocycles. The summed E-state index contributed by atoms with van der Waals surface area (Å²) in [6.07, 6.45) is 6.17. The molecule has 3 fully saturated rings. The van der Waals surface area contributed by atoms with Gasteiger partial charge in [-0.3, -0.25) is 0 Å². The van der Waals surface area contributed by atoms with E-state index in [9.17, 15) is 12.8 Å². The number of anilines is 1. The average molecular weight is 533 g/mol. The number of piperidine rings is 1. The first-order valence-corrected chi connectivity index (χ1v) is 14.7. The third kappa shape index (κ3) is 7.02. The highest BCUT2D eigenvalue weighted by Crippen LogP contribution is 2.35. The Balaban J connectivity index is 1.19. The van der Waals surface area contributed by atoms with Crippen LogP contribution in [0, 0.1) is 11.7 Å². The van der Waals surface area contributed by atoms with Gasteiger partial charge in [-0.05, 0) is 74.9 Å². The molecule has 0 amide bonds. The Bertz CT molecular complexity index is 1130. The minimum atomic E-state index is -3.62. The van der Waals surface area contributed by atoms with E-state index >= 15 is 0 Å². The molecule has 11 heteroatoms. The zero-order valence-corrected chi connectivity index (χ0v) is 22.1. The zero-order valence-electron chi connectivity index (χ0n) is 21.3. The molecule has 37 heavy (non-hydrogen) atoms. The van der Waals surface area contributed by atoms with Crippen LogP contribution in [0.4, 0.5) is 10.2 Å². The molecule has 202 valence electrons. The number of aromatic nitrogens is 2. The Morgan fingerprint density at radius 3 is 2.57 bits per heavy atom. The van der Waals surface area contributed by atoms with Crippen LogP contribution in [-0.4, -0.2) is 81.5 Å². The van der Waals surface area contributed by atoms with Gasteiger partial charge in [0.25, 0.3) is 10.2 Å². The molecule has 2 N–H and O–H groups in total. The first-order chi connectivity index (χ1) is 17.8. The molecular formula is C26H37FN6O3S. The van der Waals surface area contributed by atoms with Crippen molar-refractivity contribution in [1.82, 2.24) is 24.5 Å². The summed E-state index contributed by atoms with van der Waals surface area (Å²) in [4.78, 5) is 4.23. The maximum absolute atomic E-state index is 13.7. The zero-order chi connectivity index (χ0) is 25.8. The van der Waals surface area contributed by atoms with Gasteiger partial charge in [-0.1, -0.05) is 12.1 Å². The molecule has 1 aromatic heterocycles. The van der Waals surface area contributed by atoms with Crippen molar-refractivity contribution in [2.24, 2.45) is 5.92 Å². The Morgan fingerprint density at radius 1 is 1.05 bits per heavy atom. The molecule has 0 radical (unpaired) electrons. The number of hydrogen-bond acceptors (Lipinski definition) is 7. The molecule has 1 saturated carbocycles. The summed E-state index contributed by atoms with van der Waals surface area (Å²) in [7, 11) is -1.65. The number of nitrogens with one attached hydrogen (secondary N) is 2. The fourth-order valence-electron chi connectivity index (χ4n) is 5.84. The minimum Gasteiger partial charge on any atom is -0.378 e. The molecule has 5 rings (SSSR count). The summed E-state index contributed by atoms with van der Waals surface area (Å²) in [5.41, 5.74) is 1.06. The van der Waals surface area contributed by atoms with E-state index in [1.165, 1.54) is 6.07 Å². The number of likely N-dealkylation sites (tertiary alicyclic amines) is 1. The number of benzene rings is 1. The van der Waals surface area contributed by atoms with Crippen molar-refractivity contribution in [3.63, 3.8) is 0 Å². The second-order valence-electron chi connectivity index (χ2n) is 10.7. The van der Waals surface area contributed by atoms with Crippen LogP contribution in [0.5, 0.6) is 0 Å². The maximum Gasteiger partial charge on any atom is 0.277 e. The molecular weight excluding hydrogens is 495 g/mol. The van der Waals surface area contributed by atoms with Gasteiger partial charge in [0.05, 0.1) is 12.7 Å². The summed E-state index contributed by atoms with van der Waals surface area (Å²) in [5.74, 6) is 0.930. The predicted molar refractivity (Wildman–Crippen MR) is 140 cm³/mol. The van der Waals surface area contributed by atoms with Gasteiger partial charge in [0.1, 0.15) is 5.82 Å². The topological polar surface area (TPSA) is 99.7 Å². The highest BCUT2D eigenvalue weighted by Gasteiger charge is 2.36. The van der Waals surface area contributed by atoms with Crippen LogP contribution in [0.3, 0.4) is 0 Å². The van der Waals surface area contributed by atoms with E-state index in [0.29, 0.717) is 32.0 Å². The van der Waals surface area contributed by atoms with Gasteiger partial charge in [0.15, 0.2) is 5.82 Å². The lowest BCUT2D eigenvalue weighted by Crippen LogP contribution is -2.61. The van der Waals surface area contributed by atoms with E-state index in [4.69, 9.17) is 4.74 Å². The molecule has 2 atom stereocenters. The standard InChI is InChI=1S/C26H37FN6O3S/c1-32-16-23(17-32)30-37(34,35)31-25-11-13-33(26-6-3-12-28-29-26)15-21(25)18-36-24-9-7-19(8-10-24)20-4-2-5-22(27)14-20/h2-6,12,14,19,21,23-25,30-31H,7-11,13,15-18H2,1H3/t19?,21-,24?,25-/m0/s1. The van der Waals surface area contributed by atoms with Crippen LogP contribution >= 0.6 is 0 Å². The van der Waals surface area contributed by atoms with Gasteiger partial charge >= 0.3 is 0 Å². The smallest absolute Gasteiger partial charge is 0.277 e. The van der Waals surface area contributed by atoms with Gasteiger partial charge < -0.3 is 14.5 Å². The van der Waals surface area contributed by atoms with Gasteiger partial charge in [0.2, 0.25) is 0 Å². The number of likely N-dealkylation sites (N-methyl/N-ethyl adjacent to an activating group) is 1. The third-order valence-corrected chi connectivity index (χ3v) is 9.11. The molecule has 0 unspecified atom stereocenters. The predicted octanol–water partition coefficient (Wildman–Crippen LogP) is 2.29. The van der Waals surface area contributed by atoms with Crippen molar-refractivity contribution in [2.45, 2.75) is 56.2 Å². The molecule has 0 bridgehead atoms. The Morgan fingerprint density at radius 2 is 1.86 bits per heavy atom. The van der Waals surface area contributed by atoms with Crippen LogP contribution in [-0.2, 0) is 14.9 Å². The van der Waals surface area contributed by atoms with Gasteiger partial charge in [-0.25, -0.2) is 4.39 Å². The van der Waals surface area contributed by atoms with Crippen molar-refractivity contribution < 1.29 is 17.5 Å². The van der Waals surface area contributed by atoms with E-state index in [1.54, 1.807) is 18.3 Å². The van der Waals surface area contributed by atoms with Crippen molar-refractivity contribution in [3.05, 3.63) is 54.0 Å². The quantitative estimate of drug-likeness (QED) is 0.511. The molecule has 1 aromatic carbocycles. The van der Waals surface area contributed by atoms with E-state index in [2.05, 4.69) is 29.4 Å². The van der Waals surface area contributed by atoms with E-state index < -0.39 is 10.2 Å². The van der Waals surface area contributed by atoms with Crippen LogP contribution in [0.1, 0.15) is 43.6 Å². The monoisotopic (exact) mass is 532 g/mol. The van der Waals surface area contributed by atoms with Crippen LogP contribution in [0.2, 0.25) is 0 Å². The SMILES string of the molecule is CN1CC(NS(=O)(=O)N[C@H]2CCN(c3cccnn3)C[C@H]2COC2CCC(c3cccc(F)c3)CC2)C1. The van der Waals surface area contributed by atoms with E-state index in [0.717, 1.165) is 50.2 Å². The highest BCUT2D eigenvalue weighted by atomic mass is 32.2. The second kappa shape index (κ2) is 11.7. The van der Waals surface area contributed by atoms with Gasteiger partial charge in [-0.15, -0.1) is 5.10 Å². The number of ether oxygens (including phenoxy) is 1. The lowest BCUT2D eigenvalue weighted by atomic mass is 9.82. The summed E-state index contributed by atoms with van der Waals surface area (Å²) in [6.45, 7) is 3.23. The van der Waals surface area contributed by atoms with Gasteiger partial charge in [0, 0.05) is 50.4 Å². The number of rotatable bonds is 9. The first kappa shape index (κ1) is 26.4. The Hall–Kier alpha value is -2.18. The van der Waals surface area contributed by atoms with Crippen molar-refractivity contribution in [1.29, 1.82) is 0 Å². The Kier molecular flexibility index (Phi) is 8.35. The largest absolute Gasteiger partial charge is 0.378 e. The lowest BCUT2D eigenvalue weighted by molar-refractivity contribution is -0.00220. The molecule has 2 aromatic rings. The van der Waals surface area contributed by atoms with Crippen LogP contribution in [0.25, 0.3) is 0 Å². The summed E-state index contributed by atoms with van der Waals surface area (Å²) < 4.78 is 51.5. The first-order valence-electron chi connectivity index (χ1n) is 13.2. The minimum absolute atomic E-state index is 0.0302. The fourth-order valence-corrected chi connectivity index (χ4v) is 7.20. The highest BCUT2D eigenvalue weighted by molar-refractivity contribution is 7.87. The summed E-state index contributed by atoms with van der Waals surface area (Å²) >= 11 is 0. The molecule has 3 aliphatic rings. The van der Waals surface area contributed by atoms with E-state index in [1.807, 2.05) is 25.2 Å². The number of hydrogen-bond donors (Lipinski definition) is 2. The summed E-state index contributed by atoms with van der Waals surface area (Å²) in [5, 5.41) is 8.25. The average Bonchev–Trinajstić information content (AvgIpc) is 2.88. The van der Waals surface area contributed by atoms with Crippen molar-refractivity contribution >= 4 is 16.0 Å². The number of nitrogens with zero attached hydrogens (tertiary/aromatic N) is 4. The molecule has 3 heterocycles. The molecule has 0 spiro atoms. The lowest BCUT2D eigenvalue weighted by Gasteiger charge is -2.41. The molecule has 9 nitrogen and oxygen atoms in total. The van der Waals surface area contributed by atoms with Gasteiger partial charge in [-0.2, -0.15) is 23.0 Å². The third-order valence-electron chi connectivity index (χ3n) is 7.85. The molecule has 1 aliphatic carbocycles. The van der Waals surface area contributed by atoms with Crippen molar-refractivity contribution in [2.75, 3.05) is 44.7 Å². The molecule has 2 aliphatic heterocycles. The fraction of sp³-hybridized carbons (Fsp3) is 0.615. The second-order valence-corrected chi connectivity index (χ2v) is 12.2. The van der Waals surface area contributed by atoms with Crippen LogP contribution in [0.15, 0.2) is 42.6 Å². The maximum atomic E-state index is 13.7. The van der Waals surface area contributed by atoms with E-state index in [-0.39, 0.29) is 29.9 Å². The van der Waals surface area contributed by atoms with Crippen LogP contribution < -0.4 is 14.3 Å². The summed E-state index contributed by atoms with van der Waals surface area (Å²) in [6, 6.07) is 10.4.